The van der Waals surface area contributed by atoms with Gasteiger partial charge in [-0.2, -0.15) is 20.1 Å². The lowest BCUT2D eigenvalue weighted by Gasteiger charge is -2.25. The van der Waals surface area contributed by atoms with Crippen LogP contribution in [0, 0.1) is 5.92 Å². The summed E-state index contributed by atoms with van der Waals surface area (Å²) in [6, 6.07) is 13.9. The summed E-state index contributed by atoms with van der Waals surface area (Å²) in [4.78, 5) is 73.9. The van der Waals surface area contributed by atoms with Crippen molar-refractivity contribution in [3.05, 3.63) is 60.4 Å². The second kappa shape index (κ2) is 16.2. The lowest BCUT2D eigenvalue weighted by molar-refractivity contribution is -0.138. The maximum Gasteiger partial charge on any atom is 0.246 e. The number of nitrogens with one attached hydrogen (secondary N) is 4. The van der Waals surface area contributed by atoms with Crippen LogP contribution < -0.4 is 21.3 Å². The van der Waals surface area contributed by atoms with E-state index in [0.29, 0.717) is 35.5 Å². The van der Waals surface area contributed by atoms with Crippen LogP contribution in [0.3, 0.4) is 0 Å². The zero-order valence-electron chi connectivity index (χ0n) is 28.6. The highest BCUT2D eigenvalue weighted by Crippen LogP contribution is 2.19. The molecule has 4 aromatic rings. The van der Waals surface area contributed by atoms with Crippen molar-refractivity contribution >= 4 is 40.6 Å². The molecule has 0 unspecified atom stereocenters. The number of hydrogen-bond acceptors (Lipinski definition) is 9. The fourth-order valence-electron chi connectivity index (χ4n) is 5.58. The van der Waals surface area contributed by atoms with E-state index < -0.39 is 41.8 Å². The van der Waals surface area contributed by atoms with Gasteiger partial charge in [0, 0.05) is 18.7 Å². The van der Waals surface area contributed by atoms with E-state index in [9.17, 15) is 24.0 Å². The van der Waals surface area contributed by atoms with Crippen LogP contribution in [0.2, 0.25) is 0 Å². The minimum Gasteiger partial charge on any atom is -0.354 e. The zero-order valence-corrected chi connectivity index (χ0v) is 28.6. The molecule has 264 valence electrons. The molecule has 0 saturated heterocycles. The molecule has 16 heteroatoms. The molecular formula is C34H43N11O5. The Kier molecular flexibility index (Phi) is 11.5. The molecule has 0 fully saturated rings. The van der Waals surface area contributed by atoms with Crippen molar-refractivity contribution in [2.24, 2.45) is 5.92 Å². The molecule has 1 aliphatic heterocycles. The Hall–Kier alpha value is -5.67. The van der Waals surface area contributed by atoms with Crippen LogP contribution in [0.1, 0.15) is 52.4 Å². The van der Waals surface area contributed by atoms with Gasteiger partial charge in [-0.3, -0.25) is 24.0 Å². The molecule has 4 N–H and O–H groups in total. The van der Waals surface area contributed by atoms with Gasteiger partial charge >= 0.3 is 0 Å². The van der Waals surface area contributed by atoms with Crippen molar-refractivity contribution < 1.29 is 24.0 Å². The van der Waals surface area contributed by atoms with Gasteiger partial charge in [-0.05, 0) is 44.7 Å². The van der Waals surface area contributed by atoms with E-state index in [1.165, 1.54) is 21.3 Å². The van der Waals surface area contributed by atoms with Crippen LogP contribution in [0.15, 0.2) is 54.6 Å². The quantitative estimate of drug-likeness (QED) is 0.236. The standard InChI is InChI=1S/C34H43N11O5/c1-21(2)17-27-34(50)37-22(3)32-39-31(24-11-6-5-7-12-24)42-44(32)19-28(46)35-15-10-16-43(18-29(47)36-23(4)33(49)38-27)30(48)20-45-40-25-13-8-9-14-26(25)41-45/h5-9,11-14,21-23,27H,10,15-20H2,1-4H3,(H,35,46)(H,36,47)(H,37,50)(H,38,49)/t22-,23+,27+/m0/s1. The van der Waals surface area contributed by atoms with Crippen LogP contribution in [0.25, 0.3) is 22.4 Å². The van der Waals surface area contributed by atoms with E-state index in [1.807, 2.05) is 56.3 Å². The third kappa shape index (κ3) is 9.27. The fourth-order valence-corrected chi connectivity index (χ4v) is 5.58. The van der Waals surface area contributed by atoms with Crippen molar-refractivity contribution in [3.8, 4) is 11.4 Å². The summed E-state index contributed by atoms with van der Waals surface area (Å²) >= 11 is 0. The lowest BCUT2D eigenvalue weighted by Crippen LogP contribution is -2.54. The number of hydrogen-bond donors (Lipinski definition) is 4. The SMILES string of the molecule is CC(C)C[C@H]1NC(=O)[C@@H](C)NC(=O)CN(C(=O)Cn2nc3ccccc3n2)CCCNC(=O)Cn2nc(-c3ccccc3)nc2[C@H](C)NC1=O. The largest absolute Gasteiger partial charge is 0.354 e. The zero-order chi connectivity index (χ0) is 35.8. The first-order chi connectivity index (χ1) is 24.0. The van der Waals surface area contributed by atoms with Gasteiger partial charge in [-0.15, -0.1) is 0 Å². The molecule has 0 spiro atoms. The first-order valence-corrected chi connectivity index (χ1v) is 16.7. The van der Waals surface area contributed by atoms with E-state index >= 15 is 0 Å². The Balaban J connectivity index is 1.39. The summed E-state index contributed by atoms with van der Waals surface area (Å²) in [7, 11) is 0. The second-order valence-electron chi connectivity index (χ2n) is 12.8. The predicted octanol–water partition coefficient (Wildman–Crippen LogP) is 0.951. The van der Waals surface area contributed by atoms with Crippen LogP contribution >= 0.6 is 0 Å². The van der Waals surface area contributed by atoms with Crippen molar-refractivity contribution in [3.63, 3.8) is 0 Å². The summed E-state index contributed by atoms with van der Waals surface area (Å²) in [6.07, 6.45) is 0.659. The topological polar surface area (TPSA) is 198 Å². The maximum absolute atomic E-state index is 13.6. The fraction of sp³-hybridized carbons (Fsp3) is 0.441. The molecule has 2 aromatic heterocycles. The first-order valence-electron chi connectivity index (χ1n) is 16.7. The number of fused-ring (bicyclic) bond motifs is 2. The molecular weight excluding hydrogens is 642 g/mol. The number of aromatic nitrogens is 6. The molecule has 16 nitrogen and oxygen atoms in total. The Labute approximate surface area is 289 Å². The monoisotopic (exact) mass is 685 g/mol. The van der Waals surface area contributed by atoms with Crippen LogP contribution in [-0.2, 0) is 37.1 Å². The Bertz CT molecular complexity index is 1800. The van der Waals surface area contributed by atoms with Crippen molar-refractivity contribution in [1.82, 2.24) is 55.9 Å². The third-order valence-electron chi connectivity index (χ3n) is 8.10. The normalized spacial score (nSPS) is 20.2. The number of nitrogens with zero attached hydrogens (tertiary/aromatic N) is 7. The van der Waals surface area contributed by atoms with Gasteiger partial charge in [0.1, 0.15) is 42.0 Å². The molecule has 3 atom stereocenters. The van der Waals surface area contributed by atoms with Crippen molar-refractivity contribution in [1.29, 1.82) is 0 Å². The number of carbonyl (C=O) groups excluding carboxylic acids is 5. The average molecular weight is 686 g/mol. The highest BCUT2D eigenvalue weighted by atomic mass is 16.2. The highest BCUT2D eigenvalue weighted by Gasteiger charge is 2.29. The first kappa shape index (κ1) is 35.6. The Morgan fingerprint density at radius 1 is 0.820 bits per heavy atom. The van der Waals surface area contributed by atoms with Gasteiger partial charge in [0.2, 0.25) is 29.5 Å². The summed E-state index contributed by atoms with van der Waals surface area (Å²) in [5, 5.41) is 24.5. The second-order valence-corrected chi connectivity index (χ2v) is 12.8. The Morgan fingerprint density at radius 2 is 1.50 bits per heavy atom. The highest BCUT2D eigenvalue weighted by molar-refractivity contribution is 5.93. The molecule has 1 aliphatic rings. The number of rotatable bonds is 5. The van der Waals surface area contributed by atoms with Gasteiger partial charge in [-0.1, -0.05) is 56.3 Å². The third-order valence-corrected chi connectivity index (χ3v) is 8.10. The molecule has 2 aromatic carbocycles. The van der Waals surface area contributed by atoms with E-state index in [0.717, 1.165) is 5.56 Å². The molecule has 5 rings (SSSR count). The average Bonchev–Trinajstić information content (AvgIpc) is 3.69. The number of carbonyl (C=O) groups is 5. The molecule has 0 saturated carbocycles. The molecule has 0 radical (unpaired) electrons. The summed E-state index contributed by atoms with van der Waals surface area (Å²) in [6.45, 7) is 6.69. The molecule has 5 amide bonds. The summed E-state index contributed by atoms with van der Waals surface area (Å²) in [5.74, 6) is -1.55. The van der Waals surface area contributed by atoms with Crippen LogP contribution in [-0.4, -0.2) is 95.9 Å². The van der Waals surface area contributed by atoms with Gasteiger partial charge in [0.25, 0.3) is 0 Å². The van der Waals surface area contributed by atoms with Gasteiger partial charge in [-0.25, -0.2) is 9.67 Å². The molecule has 0 aliphatic carbocycles. The van der Waals surface area contributed by atoms with Gasteiger partial charge in [0.05, 0.1) is 12.6 Å². The number of amides is 5. The van der Waals surface area contributed by atoms with Crippen molar-refractivity contribution in [2.45, 2.75) is 71.8 Å². The van der Waals surface area contributed by atoms with Gasteiger partial charge < -0.3 is 26.2 Å². The van der Waals surface area contributed by atoms with Gasteiger partial charge in [0.15, 0.2) is 5.82 Å². The minimum absolute atomic E-state index is 0.0475. The van der Waals surface area contributed by atoms with Crippen LogP contribution in [0.5, 0.6) is 0 Å². The summed E-state index contributed by atoms with van der Waals surface area (Å²) in [5.41, 5.74) is 1.99. The van der Waals surface area contributed by atoms with E-state index in [-0.39, 0.29) is 44.5 Å². The molecule has 0 bridgehead atoms. The van der Waals surface area contributed by atoms with E-state index in [2.05, 4.69) is 41.5 Å². The minimum atomic E-state index is -1.00. The number of benzene rings is 2. The smallest absolute Gasteiger partial charge is 0.246 e. The lowest BCUT2D eigenvalue weighted by atomic mass is 10.0. The van der Waals surface area contributed by atoms with E-state index in [1.54, 1.807) is 19.1 Å². The Morgan fingerprint density at radius 3 is 2.18 bits per heavy atom. The summed E-state index contributed by atoms with van der Waals surface area (Å²) < 4.78 is 1.45. The predicted molar refractivity (Wildman–Crippen MR) is 183 cm³/mol. The van der Waals surface area contributed by atoms with E-state index in [4.69, 9.17) is 0 Å². The van der Waals surface area contributed by atoms with Crippen molar-refractivity contribution in [2.75, 3.05) is 19.6 Å². The molecule has 3 heterocycles. The maximum atomic E-state index is 13.6. The molecule has 50 heavy (non-hydrogen) atoms. The van der Waals surface area contributed by atoms with Crippen LogP contribution in [0.4, 0.5) is 0 Å².